The molecule has 0 aromatic heterocycles. The van der Waals surface area contributed by atoms with Gasteiger partial charge in [-0.3, -0.25) is 9.59 Å². The molecule has 0 saturated carbocycles. The van der Waals surface area contributed by atoms with Gasteiger partial charge in [-0.25, -0.2) is 13.2 Å². The predicted molar refractivity (Wildman–Crippen MR) is 73.8 cm³/mol. The lowest BCUT2D eigenvalue weighted by molar-refractivity contribution is -0.142. The Labute approximate surface area is 126 Å². The van der Waals surface area contributed by atoms with Gasteiger partial charge in [0.1, 0.15) is 6.54 Å². The average molecular weight is 317 g/mol. The third-order valence-electron chi connectivity index (χ3n) is 2.93. The number of nitrogens with one attached hydrogen (secondary N) is 1. The number of hydrogen-bond donors (Lipinski definition) is 1. The number of hydrogen-bond acceptors (Lipinski definition) is 3. The molecule has 0 aliphatic heterocycles. The van der Waals surface area contributed by atoms with Gasteiger partial charge in [0.25, 0.3) is 5.91 Å². The van der Waals surface area contributed by atoms with Crippen LogP contribution in [0.4, 0.5) is 13.2 Å². The van der Waals surface area contributed by atoms with Gasteiger partial charge >= 0.3 is 5.97 Å². The van der Waals surface area contributed by atoms with Gasteiger partial charge in [0.05, 0.1) is 12.2 Å². The van der Waals surface area contributed by atoms with Gasteiger partial charge in [-0.1, -0.05) is 26.2 Å². The fourth-order valence-corrected chi connectivity index (χ4v) is 1.71. The third kappa shape index (κ3) is 5.38. The minimum atomic E-state index is -1.73. The molecule has 0 heterocycles. The molecule has 1 aromatic rings. The Morgan fingerprint density at radius 3 is 2.50 bits per heavy atom. The number of ether oxygens (including phenoxy) is 1. The van der Waals surface area contributed by atoms with Crippen molar-refractivity contribution in [3.05, 3.63) is 35.1 Å². The van der Waals surface area contributed by atoms with Crippen LogP contribution in [0.15, 0.2) is 12.1 Å². The summed E-state index contributed by atoms with van der Waals surface area (Å²) in [5, 5.41) is 2.10. The molecule has 1 N–H and O–H groups in total. The van der Waals surface area contributed by atoms with Gasteiger partial charge in [-0.2, -0.15) is 0 Å². The number of esters is 1. The number of rotatable bonds is 8. The summed E-state index contributed by atoms with van der Waals surface area (Å²) in [4.78, 5) is 23.0. The van der Waals surface area contributed by atoms with E-state index in [0.717, 1.165) is 31.7 Å². The summed E-state index contributed by atoms with van der Waals surface area (Å²) in [6.07, 6.45) is 3.77. The predicted octanol–water partition coefficient (Wildman–Crippen LogP) is 2.96. The monoisotopic (exact) mass is 317 g/mol. The molecule has 0 radical (unpaired) electrons. The van der Waals surface area contributed by atoms with Crippen molar-refractivity contribution in [2.45, 2.75) is 32.6 Å². The fourth-order valence-electron chi connectivity index (χ4n) is 1.71. The quantitative estimate of drug-likeness (QED) is 0.456. The van der Waals surface area contributed by atoms with E-state index in [1.165, 1.54) is 0 Å². The molecule has 122 valence electrons. The van der Waals surface area contributed by atoms with Crippen LogP contribution in [0.1, 0.15) is 43.0 Å². The summed E-state index contributed by atoms with van der Waals surface area (Å²) in [7, 11) is 0. The zero-order valence-corrected chi connectivity index (χ0v) is 12.3. The van der Waals surface area contributed by atoms with Gasteiger partial charge in [-0.15, -0.1) is 0 Å². The molecular formula is C15H18F3NO3. The maximum atomic E-state index is 13.4. The first-order chi connectivity index (χ1) is 10.5. The second-order valence-corrected chi connectivity index (χ2v) is 4.69. The summed E-state index contributed by atoms with van der Waals surface area (Å²) in [6, 6.07) is 1.44. The summed E-state index contributed by atoms with van der Waals surface area (Å²) in [5.41, 5.74) is -0.672. The van der Waals surface area contributed by atoms with E-state index in [1.807, 2.05) is 0 Å². The van der Waals surface area contributed by atoms with Gasteiger partial charge in [-0.05, 0) is 18.6 Å². The van der Waals surface area contributed by atoms with Gasteiger partial charge < -0.3 is 10.1 Å². The molecule has 0 unspecified atom stereocenters. The van der Waals surface area contributed by atoms with Crippen LogP contribution in [0.3, 0.4) is 0 Å². The number of halogens is 3. The molecule has 0 fully saturated rings. The van der Waals surface area contributed by atoms with Crippen LogP contribution in [0.25, 0.3) is 0 Å². The number of unbranched alkanes of at least 4 members (excludes halogenated alkanes) is 3. The second-order valence-electron chi connectivity index (χ2n) is 4.69. The van der Waals surface area contributed by atoms with Crippen molar-refractivity contribution in [2.24, 2.45) is 0 Å². The van der Waals surface area contributed by atoms with E-state index in [9.17, 15) is 22.8 Å². The van der Waals surface area contributed by atoms with Crippen LogP contribution >= 0.6 is 0 Å². The van der Waals surface area contributed by atoms with E-state index in [4.69, 9.17) is 4.74 Å². The zero-order valence-electron chi connectivity index (χ0n) is 12.3. The van der Waals surface area contributed by atoms with Crippen molar-refractivity contribution in [3.8, 4) is 0 Å². The first-order valence-corrected chi connectivity index (χ1v) is 7.04. The molecule has 22 heavy (non-hydrogen) atoms. The molecule has 0 saturated heterocycles. The highest BCUT2D eigenvalue weighted by Crippen LogP contribution is 2.14. The van der Waals surface area contributed by atoms with Crippen molar-refractivity contribution in [1.29, 1.82) is 0 Å². The third-order valence-corrected chi connectivity index (χ3v) is 2.93. The summed E-state index contributed by atoms with van der Waals surface area (Å²) < 4.78 is 44.0. The Bertz CT molecular complexity index is 535. The molecule has 0 aliphatic carbocycles. The van der Waals surface area contributed by atoms with Crippen molar-refractivity contribution < 1.29 is 27.5 Å². The number of benzene rings is 1. The van der Waals surface area contributed by atoms with Crippen LogP contribution in [0, 0.1) is 17.5 Å². The van der Waals surface area contributed by atoms with E-state index < -0.39 is 41.4 Å². The van der Waals surface area contributed by atoms with Crippen molar-refractivity contribution >= 4 is 11.9 Å². The van der Waals surface area contributed by atoms with Gasteiger partial charge in [0, 0.05) is 0 Å². The Hall–Kier alpha value is -2.05. The molecule has 0 spiro atoms. The summed E-state index contributed by atoms with van der Waals surface area (Å²) in [6.45, 7) is 1.83. The highest BCUT2D eigenvalue weighted by molar-refractivity contribution is 5.96. The summed E-state index contributed by atoms with van der Waals surface area (Å²) in [5.74, 6) is -6.40. The zero-order chi connectivity index (χ0) is 16.5. The smallest absolute Gasteiger partial charge is 0.325 e. The van der Waals surface area contributed by atoms with Crippen molar-refractivity contribution in [1.82, 2.24) is 5.32 Å². The van der Waals surface area contributed by atoms with Crippen LogP contribution in [-0.4, -0.2) is 25.0 Å². The number of amides is 1. The van der Waals surface area contributed by atoms with Crippen LogP contribution < -0.4 is 5.32 Å². The minimum absolute atomic E-state index is 0.244. The number of carbonyl (C=O) groups is 2. The molecule has 0 aliphatic rings. The van der Waals surface area contributed by atoms with E-state index in [0.29, 0.717) is 6.07 Å². The summed E-state index contributed by atoms with van der Waals surface area (Å²) >= 11 is 0. The molecule has 4 nitrogen and oxygen atoms in total. The fraction of sp³-hybridized carbons (Fsp3) is 0.467. The van der Waals surface area contributed by atoms with Crippen LogP contribution in [0.2, 0.25) is 0 Å². The van der Waals surface area contributed by atoms with E-state index >= 15 is 0 Å². The van der Waals surface area contributed by atoms with E-state index in [2.05, 4.69) is 12.2 Å². The highest BCUT2D eigenvalue weighted by atomic mass is 19.2. The standard InChI is InChI=1S/C15H18F3NO3/c1-2-3-4-5-8-22-12(20)9-19-15(21)10-6-7-11(16)14(18)13(10)17/h6-7H,2-5,8-9H2,1H3,(H,19,21). The topological polar surface area (TPSA) is 55.4 Å². The van der Waals surface area contributed by atoms with Gasteiger partial charge in [0.15, 0.2) is 17.5 Å². The molecular weight excluding hydrogens is 299 g/mol. The highest BCUT2D eigenvalue weighted by Gasteiger charge is 2.19. The average Bonchev–Trinajstić information content (AvgIpc) is 2.50. The van der Waals surface area contributed by atoms with E-state index in [-0.39, 0.29) is 6.61 Å². The molecule has 1 amide bonds. The Kier molecular flexibility index (Phi) is 7.42. The Morgan fingerprint density at radius 2 is 1.82 bits per heavy atom. The largest absolute Gasteiger partial charge is 0.464 e. The molecule has 0 bridgehead atoms. The lowest BCUT2D eigenvalue weighted by Gasteiger charge is -2.07. The van der Waals surface area contributed by atoms with Crippen LogP contribution in [-0.2, 0) is 9.53 Å². The SMILES string of the molecule is CCCCCCOC(=O)CNC(=O)c1ccc(F)c(F)c1F. The Morgan fingerprint density at radius 1 is 1.09 bits per heavy atom. The normalized spacial score (nSPS) is 10.4. The first-order valence-electron chi connectivity index (χ1n) is 7.04. The van der Waals surface area contributed by atoms with Gasteiger partial charge in [0.2, 0.25) is 0 Å². The van der Waals surface area contributed by atoms with Crippen LogP contribution in [0.5, 0.6) is 0 Å². The van der Waals surface area contributed by atoms with Crippen molar-refractivity contribution in [2.75, 3.05) is 13.2 Å². The lowest BCUT2D eigenvalue weighted by atomic mass is 10.2. The number of carbonyl (C=O) groups excluding carboxylic acids is 2. The maximum Gasteiger partial charge on any atom is 0.325 e. The van der Waals surface area contributed by atoms with Crippen molar-refractivity contribution in [3.63, 3.8) is 0 Å². The molecule has 7 heteroatoms. The second kappa shape index (κ2) is 9.07. The molecule has 0 atom stereocenters. The minimum Gasteiger partial charge on any atom is -0.464 e. The lowest BCUT2D eigenvalue weighted by Crippen LogP contribution is -2.31. The first kappa shape index (κ1) is 18.0. The Balaban J connectivity index is 2.40. The molecule has 1 aromatic carbocycles. The van der Waals surface area contributed by atoms with E-state index in [1.54, 1.807) is 0 Å². The maximum absolute atomic E-state index is 13.4. The molecule has 1 rings (SSSR count).